The molecule has 0 atom stereocenters. The number of methoxy groups -OCH3 is 1. The number of rotatable bonds is 8. The van der Waals surface area contributed by atoms with Crippen molar-refractivity contribution in [3.05, 3.63) is 23.8 Å². The molecule has 0 bridgehead atoms. The van der Waals surface area contributed by atoms with Crippen LogP contribution in [0, 0.1) is 0 Å². The quantitative estimate of drug-likeness (QED) is 0.630. The van der Waals surface area contributed by atoms with Crippen molar-refractivity contribution in [3.8, 4) is 11.5 Å². The summed E-state index contributed by atoms with van der Waals surface area (Å²) in [5, 5.41) is 12.7. The molecule has 0 saturated heterocycles. The van der Waals surface area contributed by atoms with Gasteiger partial charge in [0.05, 0.1) is 31.4 Å². The number of carbonyl (C=O) groups is 1. The van der Waals surface area contributed by atoms with Crippen LogP contribution >= 0.6 is 0 Å². The summed E-state index contributed by atoms with van der Waals surface area (Å²) in [6.45, 7) is 0.936. The average molecular weight is 322 g/mol. The Morgan fingerprint density at radius 3 is 2.74 bits per heavy atom. The Morgan fingerprint density at radius 1 is 1.39 bits per heavy atom. The van der Waals surface area contributed by atoms with Gasteiger partial charge in [0.2, 0.25) is 0 Å². The van der Waals surface area contributed by atoms with E-state index in [9.17, 15) is 9.90 Å². The number of aliphatic hydroxyl groups is 1. The van der Waals surface area contributed by atoms with Crippen LogP contribution in [-0.2, 0) is 0 Å². The van der Waals surface area contributed by atoms with Crippen molar-refractivity contribution in [1.29, 1.82) is 0 Å². The van der Waals surface area contributed by atoms with E-state index in [-0.39, 0.29) is 12.5 Å². The number of aliphatic hydroxyl groups excluding tert-OH is 1. The molecular formula is C17H26N2O4. The molecule has 0 radical (unpaired) electrons. The van der Waals surface area contributed by atoms with Gasteiger partial charge in [-0.2, -0.15) is 0 Å². The predicted molar refractivity (Wildman–Crippen MR) is 87.9 cm³/mol. The summed E-state index contributed by atoms with van der Waals surface area (Å²) in [5.74, 6) is 0.844. The van der Waals surface area contributed by atoms with Crippen LogP contribution in [0.1, 0.15) is 42.5 Å². The van der Waals surface area contributed by atoms with Crippen molar-refractivity contribution in [1.82, 2.24) is 5.32 Å². The van der Waals surface area contributed by atoms with Gasteiger partial charge in [-0.1, -0.05) is 12.8 Å². The average Bonchev–Trinajstić information content (AvgIpc) is 3.04. The second-order valence-electron chi connectivity index (χ2n) is 5.95. The van der Waals surface area contributed by atoms with Crippen LogP contribution in [0.25, 0.3) is 0 Å². The van der Waals surface area contributed by atoms with E-state index in [1.165, 1.54) is 0 Å². The summed E-state index contributed by atoms with van der Waals surface area (Å²) in [6.07, 6.45) is 4.33. The fourth-order valence-corrected chi connectivity index (χ4v) is 2.89. The number of benzene rings is 1. The van der Waals surface area contributed by atoms with E-state index in [0.29, 0.717) is 36.6 Å². The maximum atomic E-state index is 12.7. The zero-order valence-electron chi connectivity index (χ0n) is 13.6. The van der Waals surface area contributed by atoms with Gasteiger partial charge in [-0.3, -0.25) is 4.79 Å². The smallest absolute Gasteiger partial charge is 0.255 e. The molecule has 1 aliphatic rings. The highest BCUT2D eigenvalue weighted by molar-refractivity contribution is 5.97. The number of hydrogen-bond acceptors (Lipinski definition) is 5. The lowest BCUT2D eigenvalue weighted by Crippen LogP contribution is -2.49. The highest BCUT2D eigenvalue weighted by Gasteiger charge is 2.35. The molecule has 1 amide bonds. The van der Waals surface area contributed by atoms with Crippen molar-refractivity contribution in [2.45, 2.75) is 37.6 Å². The standard InChI is InChI=1S/C17H26N2O4/c1-22-13-5-6-15(23-10-4-9-18)14(11-13)16(21)19-17(12-20)7-2-3-8-17/h5-6,11,20H,2-4,7-10,12,18H2,1H3,(H,19,21). The number of carbonyl (C=O) groups excluding carboxylic acids is 1. The Bertz CT molecular complexity index is 527. The highest BCUT2D eigenvalue weighted by Crippen LogP contribution is 2.31. The maximum Gasteiger partial charge on any atom is 0.255 e. The normalized spacial score (nSPS) is 16.1. The topological polar surface area (TPSA) is 93.8 Å². The lowest BCUT2D eigenvalue weighted by atomic mass is 9.98. The molecule has 2 rings (SSSR count). The van der Waals surface area contributed by atoms with E-state index in [0.717, 1.165) is 25.7 Å². The third kappa shape index (κ3) is 4.36. The van der Waals surface area contributed by atoms with E-state index < -0.39 is 5.54 Å². The van der Waals surface area contributed by atoms with Gasteiger partial charge in [0.25, 0.3) is 5.91 Å². The molecule has 1 saturated carbocycles. The van der Waals surface area contributed by atoms with E-state index >= 15 is 0 Å². The van der Waals surface area contributed by atoms with E-state index in [2.05, 4.69) is 5.32 Å². The van der Waals surface area contributed by atoms with Gasteiger partial charge in [0, 0.05) is 0 Å². The molecule has 128 valence electrons. The molecule has 4 N–H and O–H groups in total. The third-order valence-corrected chi connectivity index (χ3v) is 4.28. The Morgan fingerprint density at radius 2 is 2.13 bits per heavy atom. The molecule has 0 unspecified atom stereocenters. The Labute approximate surface area is 137 Å². The molecule has 1 aromatic rings. The van der Waals surface area contributed by atoms with E-state index in [4.69, 9.17) is 15.2 Å². The number of nitrogens with two attached hydrogens (primary N) is 1. The van der Waals surface area contributed by atoms with Crippen LogP contribution in [0.3, 0.4) is 0 Å². The predicted octanol–water partition coefficient (Wildman–Crippen LogP) is 1.46. The molecule has 23 heavy (non-hydrogen) atoms. The molecule has 1 aromatic carbocycles. The van der Waals surface area contributed by atoms with Gasteiger partial charge in [0.15, 0.2) is 0 Å². The summed E-state index contributed by atoms with van der Waals surface area (Å²) < 4.78 is 10.9. The number of hydrogen-bond donors (Lipinski definition) is 3. The SMILES string of the molecule is COc1ccc(OCCCN)c(C(=O)NC2(CO)CCCC2)c1. The largest absolute Gasteiger partial charge is 0.497 e. The van der Waals surface area contributed by atoms with Gasteiger partial charge in [-0.25, -0.2) is 0 Å². The van der Waals surface area contributed by atoms with Crippen molar-refractivity contribution < 1.29 is 19.4 Å². The summed E-state index contributed by atoms with van der Waals surface area (Å²) in [7, 11) is 1.55. The van der Waals surface area contributed by atoms with Gasteiger partial charge >= 0.3 is 0 Å². The molecule has 0 aromatic heterocycles. The third-order valence-electron chi connectivity index (χ3n) is 4.28. The van der Waals surface area contributed by atoms with Crippen molar-refractivity contribution in [3.63, 3.8) is 0 Å². The summed E-state index contributed by atoms with van der Waals surface area (Å²) in [5.41, 5.74) is 5.37. The van der Waals surface area contributed by atoms with Gasteiger partial charge < -0.3 is 25.6 Å². The van der Waals surface area contributed by atoms with E-state index in [1.54, 1.807) is 25.3 Å². The van der Waals surface area contributed by atoms with Crippen LogP contribution in [0.4, 0.5) is 0 Å². The monoisotopic (exact) mass is 322 g/mol. The molecule has 0 spiro atoms. The van der Waals surface area contributed by atoms with Crippen LogP contribution in [0.5, 0.6) is 11.5 Å². The Kier molecular flexibility index (Phi) is 6.24. The zero-order valence-corrected chi connectivity index (χ0v) is 13.6. The van der Waals surface area contributed by atoms with Crippen LogP contribution in [-0.4, -0.2) is 43.4 Å². The summed E-state index contributed by atoms with van der Waals surface area (Å²) >= 11 is 0. The molecule has 1 aliphatic carbocycles. The fourth-order valence-electron chi connectivity index (χ4n) is 2.89. The van der Waals surface area contributed by atoms with Gasteiger partial charge in [-0.15, -0.1) is 0 Å². The first kappa shape index (κ1) is 17.6. The molecule has 0 heterocycles. The molecule has 1 fully saturated rings. The Balaban J connectivity index is 2.18. The highest BCUT2D eigenvalue weighted by atomic mass is 16.5. The molecular weight excluding hydrogens is 296 g/mol. The number of nitrogens with one attached hydrogen (secondary N) is 1. The zero-order chi connectivity index (χ0) is 16.7. The molecule has 6 nitrogen and oxygen atoms in total. The second kappa shape index (κ2) is 8.17. The first-order valence-corrected chi connectivity index (χ1v) is 8.08. The summed E-state index contributed by atoms with van der Waals surface area (Å²) in [6, 6.07) is 5.14. The Hall–Kier alpha value is -1.79. The first-order chi connectivity index (χ1) is 11.1. The minimum absolute atomic E-state index is 0.0495. The van der Waals surface area contributed by atoms with Crippen molar-refractivity contribution in [2.75, 3.05) is 26.9 Å². The minimum atomic E-state index is -0.519. The van der Waals surface area contributed by atoms with Crippen molar-refractivity contribution in [2.24, 2.45) is 5.73 Å². The maximum absolute atomic E-state index is 12.7. The van der Waals surface area contributed by atoms with Crippen LogP contribution in [0.2, 0.25) is 0 Å². The molecule has 0 aliphatic heterocycles. The number of amides is 1. The second-order valence-corrected chi connectivity index (χ2v) is 5.95. The van der Waals surface area contributed by atoms with E-state index in [1.807, 2.05) is 0 Å². The lowest BCUT2D eigenvalue weighted by Gasteiger charge is -2.28. The van der Waals surface area contributed by atoms with Crippen molar-refractivity contribution >= 4 is 5.91 Å². The fraction of sp³-hybridized carbons (Fsp3) is 0.588. The molecule has 6 heteroatoms. The van der Waals surface area contributed by atoms with Crippen LogP contribution < -0.4 is 20.5 Å². The van der Waals surface area contributed by atoms with Gasteiger partial charge in [-0.05, 0) is 44.0 Å². The lowest BCUT2D eigenvalue weighted by molar-refractivity contribution is 0.0834. The number of ether oxygens (including phenoxy) is 2. The first-order valence-electron chi connectivity index (χ1n) is 8.08. The minimum Gasteiger partial charge on any atom is -0.497 e. The summed E-state index contributed by atoms with van der Waals surface area (Å²) in [4.78, 5) is 12.7. The van der Waals surface area contributed by atoms with Crippen LogP contribution in [0.15, 0.2) is 18.2 Å². The van der Waals surface area contributed by atoms with Gasteiger partial charge in [0.1, 0.15) is 11.5 Å².